The molecule has 0 aliphatic carbocycles. The zero-order chi connectivity index (χ0) is 15.5. The zero-order valence-corrected chi connectivity index (χ0v) is 11.1. The summed E-state index contributed by atoms with van der Waals surface area (Å²) in [5, 5.41) is 10.3. The molecule has 0 amide bonds. The van der Waals surface area contributed by atoms with Crippen molar-refractivity contribution < 1.29 is 27.8 Å². The van der Waals surface area contributed by atoms with Gasteiger partial charge in [-0.25, -0.2) is 0 Å². The monoisotopic (exact) mass is 298 g/mol. The third-order valence-corrected chi connectivity index (χ3v) is 2.85. The maximum Gasteiger partial charge on any atom is 0.573 e. The fraction of sp³-hybridized carbons (Fsp3) is 0.200. The van der Waals surface area contributed by atoms with E-state index in [1.54, 1.807) is 24.3 Å². The number of benzene rings is 2. The minimum absolute atomic E-state index is 0.0306. The Balaban J connectivity index is 2.36. The average Bonchev–Trinajstić information content (AvgIpc) is 2.45. The number of methoxy groups -OCH3 is 1. The summed E-state index contributed by atoms with van der Waals surface area (Å²) in [6.45, 7) is 0. The molecule has 0 radical (unpaired) electrons. The summed E-state index contributed by atoms with van der Waals surface area (Å²) in [7, 11) is 1.46. The van der Waals surface area contributed by atoms with Gasteiger partial charge >= 0.3 is 6.36 Å². The molecule has 112 valence electrons. The van der Waals surface area contributed by atoms with Gasteiger partial charge in [-0.15, -0.1) is 13.2 Å². The van der Waals surface area contributed by atoms with Crippen LogP contribution in [0.1, 0.15) is 17.2 Å². The van der Waals surface area contributed by atoms with E-state index < -0.39 is 18.2 Å². The molecular formula is C15H13F3O3. The first-order valence-corrected chi connectivity index (χ1v) is 6.07. The Morgan fingerprint density at radius 3 is 2.43 bits per heavy atom. The highest BCUT2D eigenvalue weighted by atomic mass is 19.4. The molecule has 2 aromatic carbocycles. The quantitative estimate of drug-likeness (QED) is 0.936. The van der Waals surface area contributed by atoms with E-state index in [4.69, 9.17) is 4.74 Å². The molecule has 0 saturated carbocycles. The normalized spacial score (nSPS) is 12.8. The van der Waals surface area contributed by atoms with Crippen molar-refractivity contribution in [2.24, 2.45) is 0 Å². The van der Waals surface area contributed by atoms with Crippen LogP contribution in [0, 0.1) is 0 Å². The van der Waals surface area contributed by atoms with Gasteiger partial charge in [0.05, 0.1) is 7.11 Å². The first-order chi connectivity index (χ1) is 9.90. The molecule has 3 nitrogen and oxygen atoms in total. The Bertz CT molecular complexity index is 611. The summed E-state index contributed by atoms with van der Waals surface area (Å²) in [5.41, 5.74) is 0.440. The SMILES string of the molecule is COc1cccc(C(O)c2ccccc2OC(F)(F)F)c1. The molecule has 0 spiro atoms. The summed E-state index contributed by atoms with van der Waals surface area (Å²) < 4.78 is 46.1. The first-order valence-electron chi connectivity index (χ1n) is 6.07. The Kier molecular flexibility index (Phi) is 4.37. The first kappa shape index (κ1) is 15.2. The fourth-order valence-electron chi connectivity index (χ4n) is 1.92. The van der Waals surface area contributed by atoms with E-state index in [0.29, 0.717) is 11.3 Å². The van der Waals surface area contributed by atoms with Crippen LogP contribution in [-0.2, 0) is 0 Å². The lowest BCUT2D eigenvalue weighted by Gasteiger charge is -2.17. The Hall–Kier alpha value is -2.21. The van der Waals surface area contributed by atoms with E-state index in [1.165, 1.54) is 25.3 Å². The van der Waals surface area contributed by atoms with Gasteiger partial charge in [0.2, 0.25) is 0 Å². The molecule has 1 unspecified atom stereocenters. The molecule has 0 fully saturated rings. The number of alkyl halides is 3. The van der Waals surface area contributed by atoms with Crippen molar-refractivity contribution in [1.29, 1.82) is 0 Å². The number of hydrogen-bond donors (Lipinski definition) is 1. The van der Waals surface area contributed by atoms with Crippen LogP contribution < -0.4 is 9.47 Å². The van der Waals surface area contributed by atoms with Crippen LogP contribution in [0.15, 0.2) is 48.5 Å². The number of para-hydroxylation sites is 1. The largest absolute Gasteiger partial charge is 0.573 e. The van der Waals surface area contributed by atoms with Gasteiger partial charge in [0.25, 0.3) is 0 Å². The van der Waals surface area contributed by atoms with Crippen LogP contribution in [-0.4, -0.2) is 18.6 Å². The molecule has 21 heavy (non-hydrogen) atoms. The van der Waals surface area contributed by atoms with Gasteiger partial charge in [-0.2, -0.15) is 0 Å². The topological polar surface area (TPSA) is 38.7 Å². The van der Waals surface area contributed by atoms with E-state index >= 15 is 0 Å². The summed E-state index contributed by atoms with van der Waals surface area (Å²) in [6, 6.07) is 11.9. The number of hydrogen-bond acceptors (Lipinski definition) is 3. The van der Waals surface area contributed by atoms with Crippen LogP contribution >= 0.6 is 0 Å². The minimum atomic E-state index is -4.82. The standard InChI is InChI=1S/C15H13F3O3/c1-20-11-6-4-5-10(9-11)14(19)12-7-2-3-8-13(12)21-15(16,17)18/h2-9,14,19H,1H3. The van der Waals surface area contributed by atoms with Crippen LogP contribution in [0.25, 0.3) is 0 Å². The average molecular weight is 298 g/mol. The van der Waals surface area contributed by atoms with Crippen molar-refractivity contribution in [2.75, 3.05) is 7.11 Å². The third-order valence-electron chi connectivity index (χ3n) is 2.85. The molecule has 0 aliphatic rings. The molecule has 6 heteroatoms. The highest BCUT2D eigenvalue weighted by Crippen LogP contribution is 2.34. The van der Waals surface area contributed by atoms with Gasteiger partial charge in [0.1, 0.15) is 17.6 Å². The lowest BCUT2D eigenvalue weighted by Crippen LogP contribution is -2.18. The number of halogens is 3. The predicted octanol–water partition coefficient (Wildman–Crippen LogP) is 3.68. The van der Waals surface area contributed by atoms with Crippen molar-refractivity contribution in [3.8, 4) is 11.5 Å². The number of aliphatic hydroxyl groups is 1. The molecular weight excluding hydrogens is 285 g/mol. The summed E-state index contributed by atoms with van der Waals surface area (Å²) in [5.74, 6) is 0.0705. The van der Waals surface area contributed by atoms with Crippen LogP contribution in [0.2, 0.25) is 0 Å². The van der Waals surface area contributed by atoms with E-state index in [1.807, 2.05) is 0 Å². The molecule has 1 atom stereocenters. The van der Waals surface area contributed by atoms with Gasteiger partial charge in [-0.05, 0) is 23.8 Å². The summed E-state index contributed by atoms with van der Waals surface area (Å²) in [4.78, 5) is 0. The van der Waals surface area contributed by atoms with Gasteiger partial charge in [0, 0.05) is 5.56 Å². The zero-order valence-electron chi connectivity index (χ0n) is 11.1. The van der Waals surface area contributed by atoms with Crippen molar-refractivity contribution in [3.63, 3.8) is 0 Å². The second kappa shape index (κ2) is 6.05. The second-order valence-corrected chi connectivity index (χ2v) is 4.26. The van der Waals surface area contributed by atoms with Crippen molar-refractivity contribution in [2.45, 2.75) is 12.5 Å². The van der Waals surface area contributed by atoms with Crippen molar-refractivity contribution >= 4 is 0 Å². The van der Waals surface area contributed by atoms with Crippen LogP contribution in [0.3, 0.4) is 0 Å². The Morgan fingerprint density at radius 2 is 1.76 bits per heavy atom. The maximum atomic E-state index is 12.4. The number of rotatable bonds is 4. The third kappa shape index (κ3) is 3.88. The second-order valence-electron chi connectivity index (χ2n) is 4.26. The van der Waals surface area contributed by atoms with E-state index in [2.05, 4.69) is 4.74 Å². The van der Waals surface area contributed by atoms with E-state index in [0.717, 1.165) is 6.07 Å². The van der Waals surface area contributed by atoms with Crippen molar-refractivity contribution in [1.82, 2.24) is 0 Å². The molecule has 0 saturated heterocycles. The molecule has 0 aromatic heterocycles. The summed E-state index contributed by atoms with van der Waals surface area (Å²) >= 11 is 0. The van der Waals surface area contributed by atoms with Gasteiger partial charge in [0.15, 0.2) is 0 Å². The minimum Gasteiger partial charge on any atom is -0.497 e. The van der Waals surface area contributed by atoms with Gasteiger partial charge in [-0.3, -0.25) is 0 Å². The smallest absolute Gasteiger partial charge is 0.497 e. The van der Waals surface area contributed by atoms with Gasteiger partial charge < -0.3 is 14.6 Å². The molecule has 1 N–H and O–H groups in total. The highest BCUT2D eigenvalue weighted by molar-refractivity contribution is 5.42. The lowest BCUT2D eigenvalue weighted by atomic mass is 10.0. The van der Waals surface area contributed by atoms with Gasteiger partial charge in [-0.1, -0.05) is 30.3 Å². The lowest BCUT2D eigenvalue weighted by molar-refractivity contribution is -0.275. The Morgan fingerprint density at radius 1 is 1.05 bits per heavy atom. The number of aliphatic hydroxyl groups excluding tert-OH is 1. The van der Waals surface area contributed by atoms with E-state index in [-0.39, 0.29) is 5.56 Å². The molecule has 0 heterocycles. The van der Waals surface area contributed by atoms with Crippen LogP contribution in [0.5, 0.6) is 11.5 Å². The molecule has 0 aliphatic heterocycles. The molecule has 0 bridgehead atoms. The van der Waals surface area contributed by atoms with Crippen molar-refractivity contribution in [3.05, 3.63) is 59.7 Å². The summed E-state index contributed by atoms with van der Waals surface area (Å²) in [6.07, 6.45) is -6.07. The Labute approximate surface area is 119 Å². The molecule has 2 rings (SSSR count). The van der Waals surface area contributed by atoms with Crippen LogP contribution in [0.4, 0.5) is 13.2 Å². The molecule has 2 aromatic rings. The predicted molar refractivity (Wildman–Crippen MR) is 70.2 cm³/mol. The highest BCUT2D eigenvalue weighted by Gasteiger charge is 2.32. The van der Waals surface area contributed by atoms with E-state index in [9.17, 15) is 18.3 Å². The number of ether oxygens (including phenoxy) is 2. The fourth-order valence-corrected chi connectivity index (χ4v) is 1.92. The maximum absolute atomic E-state index is 12.4.